The summed E-state index contributed by atoms with van der Waals surface area (Å²) in [7, 11) is 1.45. The van der Waals surface area contributed by atoms with Crippen LogP contribution < -0.4 is 15.8 Å². The van der Waals surface area contributed by atoms with Crippen molar-refractivity contribution < 1.29 is 9.22 Å². The maximum Gasteiger partial charge on any atom is 0.138 e. The van der Waals surface area contributed by atoms with Crippen LogP contribution in [0.5, 0.6) is 5.75 Å². The van der Waals surface area contributed by atoms with Gasteiger partial charge >= 0.3 is 0 Å². The molecule has 1 aromatic rings. The number of ether oxygens (including phenoxy) is 1. The lowest BCUT2D eigenvalue weighted by molar-refractivity contribution is 0.375. The molecule has 0 aliphatic heterocycles. The molecule has 0 aromatic heterocycles. The van der Waals surface area contributed by atoms with Crippen LogP contribution in [-0.2, 0) is 0 Å². The van der Waals surface area contributed by atoms with Gasteiger partial charge in [0.25, 0.3) is 0 Å². The fourth-order valence-corrected chi connectivity index (χ4v) is 0.916. The van der Waals surface area contributed by atoms with E-state index < -0.39 is 0 Å². The Morgan fingerprint density at radius 1 is 1.54 bits per heavy atom. The van der Waals surface area contributed by atoms with E-state index in [1.165, 1.54) is 18.8 Å². The third kappa shape index (κ3) is 2.07. The molecule has 0 atom stereocenters. The van der Waals surface area contributed by atoms with Crippen molar-refractivity contribution in [1.29, 1.82) is 5.26 Å². The summed E-state index contributed by atoms with van der Waals surface area (Å²) >= 11 is 0. The zero-order chi connectivity index (χ0) is 9.68. The molecule has 0 amide bonds. The molecule has 0 unspecified atom stereocenters. The lowest BCUT2D eigenvalue weighted by Gasteiger charge is -2.05. The molecule has 0 aliphatic carbocycles. The van der Waals surface area contributed by atoms with Crippen LogP contribution in [-0.4, -0.2) is 7.11 Å². The monoisotopic (exact) mass is 181 g/mol. The molecule has 13 heavy (non-hydrogen) atoms. The molecule has 4 nitrogen and oxygen atoms in total. The first-order chi connectivity index (χ1) is 6.31. The highest BCUT2D eigenvalue weighted by Gasteiger charge is 2.02. The van der Waals surface area contributed by atoms with Gasteiger partial charge in [0.15, 0.2) is 0 Å². The highest BCUT2D eigenvalue weighted by atomic mass is 19.2. The molecule has 0 heterocycles. The molecule has 0 saturated carbocycles. The number of hydrogen-bond acceptors (Lipinski definition) is 4. The third-order valence-corrected chi connectivity index (χ3v) is 1.51. The molecule has 0 radical (unpaired) electrons. The molecule has 0 saturated heterocycles. The fourth-order valence-electron chi connectivity index (χ4n) is 0.916. The van der Waals surface area contributed by atoms with Gasteiger partial charge in [0.1, 0.15) is 11.8 Å². The molecule has 1 aromatic carbocycles. The zero-order valence-electron chi connectivity index (χ0n) is 6.97. The number of benzene rings is 1. The highest BCUT2D eigenvalue weighted by molar-refractivity contribution is 5.54. The van der Waals surface area contributed by atoms with Gasteiger partial charge in [-0.25, -0.2) is 0 Å². The Bertz CT molecular complexity index is 335. The lowest BCUT2D eigenvalue weighted by atomic mass is 10.2. The number of nitrogens with one attached hydrogen (secondary N) is 2. The first-order valence-electron chi connectivity index (χ1n) is 3.51. The minimum absolute atomic E-state index is 0.405. The largest absolute Gasteiger partial charge is 0.495 e. The molecular formula is C8H8FN3O. The van der Waals surface area contributed by atoms with Crippen LogP contribution in [0, 0.1) is 11.3 Å². The smallest absolute Gasteiger partial charge is 0.138 e. The normalized spacial score (nSPS) is 9.00. The van der Waals surface area contributed by atoms with Crippen LogP contribution in [0.3, 0.4) is 0 Å². The summed E-state index contributed by atoms with van der Waals surface area (Å²) in [4.78, 5) is 0. The number of nitriles is 1. The molecule has 68 valence electrons. The molecule has 2 N–H and O–H groups in total. The summed E-state index contributed by atoms with van der Waals surface area (Å²) in [6.07, 6.45) is 0. The van der Waals surface area contributed by atoms with Crippen molar-refractivity contribution >= 4 is 5.69 Å². The summed E-state index contributed by atoms with van der Waals surface area (Å²) in [5.74, 6) is 0.405. The van der Waals surface area contributed by atoms with E-state index in [1.54, 1.807) is 12.1 Å². The Balaban J connectivity index is 3.00. The second-order valence-corrected chi connectivity index (χ2v) is 2.25. The van der Waals surface area contributed by atoms with Crippen LogP contribution in [0.2, 0.25) is 0 Å². The van der Waals surface area contributed by atoms with Crippen LogP contribution in [0.25, 0.3) is 0 Å². The number of hydrogen-bond donors (Lipinski definition) is 2. The number of methoxy groups -OCH3 is 1. The molecule has 0 bridgehead atoms. The number of hydrazine groups is 1. The van der Waals surface area contributed by atoms with E-state index >= 15 is 0 Å². The SMILES string of the molecule is COc1cc(NNF)ccc1C#N. The van der Waals surface area contributed by atoms with E-state index in [0.717, 1.165) is 0 Å². The maximum absolute atomic E-state index is 11.6. The highest BCUT2D eigenvalue weighted by Crippen LogP contribution is 2.21. The van der Waals surface area contributed by atoms with Crippen molar-refractivity contribution in [1.82, 2.24) is 5.65 Å². The van der Waals surface area contributed by atoms with E-state index in [2.05, 4.69) is 5.43 Å². The van der Waals surface area contributed by atoms with E-state index in [0.29, 0.717) is 17.0 Å². The topological polar surface area (TPSA) is 57.1 Å². The molecule has 1 rings (SSSR count). The van der Waals surface area contributed by atoms with E-state index in [4.69, 9.17) is 10.00 Å². The number of rotatable bonds is 3. The third-order valence-electron chi connectivity index (χ3n) is 1.51. The van der Waals surface area contributed by atoms with Gasteiger partial charge in [-0.2, -0.15) is 5.26 Å². The average molecular weight is 181 g/mol. The second kappa shape index (κ2) is 4.28. The van der Waals surface area contributed by atoms with Crippen molar-refractivity contribution in [2.45, 2.75) is 0 Å². The van der Waals surface area contributed by atoms with Gasteiger partial charge in [0.05, 0.1) is 18.4 Å². The van der Waals surface area contributed by atoms with Crippen LogP contribution in [0.4, 0.5) is 10.2 Å². The molecule has 0 fully saturated rings. The predicted octanol–water partition coefficient (Wildman–Crippen LogP) is 1.37. The second-order valence-electron chi connectivity index (χ2n) is 2.25. The standard InChI is InChI=1S/C8H8FN3O/c1-13-8-4-7(11-12-9)3-2-6(8)5-10/h2-4,11-12H,1H3. The summed E-state index contributed by atoms with van der Waals surface area (Å²) in [5, 5.41) is 8.63. The van der Waals surface area contributed by atoms with Crippen molar-refractivity contribution in [2.24, 2.45) is 0 Å². The van der Waals surface area contributed by atoms with Crippen LogP contribution in [0.1, 0.15) is 5.56 Å². The first kappa shape index (κ1) is 9.29. The molecule has 0 aliphatic rings. The van der Waals surface area contributed by atoms with E-state index in [1.807, 2.05) is 6.07 Å². The summed E-state index contributed by atoms with van der Waals surface area (Å²) < 4.78 is 16.5. The minimum Gasteiger partial charge on any atom is -0.495 e. The number of halogens is 1. The van der Waals surface area contributed by atoms with Crippen molar-refractivity contribution in [3.05, 3.63) is 23.8 Å². The minimum atomic E-state index is 0.405. The van der Waals surface area contributed by atoms with Gasteiger partial charge in [-0.3, -0.25) is 5.43 Å². The first-order valence-corrected chi connectivity index (χ1v) is 3.51. The summed E-state index contributed by atoms with van der Waals surface area (Å²) in [5.41, 5.74) is 4.41. The van der Waals surface area contributed by atoms with Crippen LogP contribution >= 0.6 is 0 Å². The molecular weight excluding hydrogens is 173 g/mol. The summed E-state index contributed by atoms with van der Waals surface area (Å²) in [6.45, 7) is 0. The fraction of sp³-hybridized carbons (Fsp3) is 0.125. The Labute approximate surface area is 74.8 Å². The Morgan fingerprint density at radius 3 is 2.85 bits per heavy atom. The molecule has 0 spiro atoms. The van der Waals surface area contributed by atoms with Gasteiger partial charge in [-0.15, -0.1) is 4.48 Å². The molecule has 5 heteroatoms. The van der Waals surface area contributed by atoms with Gasteiger partial charge in [-0.1, -0.05) is 5.65 Å². The van der Waals surface area contributed by atoms with Gasteiger partial charge < -0.3 is 4.74 Å². The summed E-state index contributed by atoms with van der Waals surface area (Å²) in [6, 6.07) is 6.57. The van der Waals surface area contributed by atoms with Crippen molar-refractivity contribution in [3.63, 3.8) is 0 Å². The van der Waals surface area contributed by atoms with E-state index in [-0.39, 0.29) is 0 Å². The van der Waals surface area contributed by atoms with E-state index in [9.17, 15) is 4.48 Å². The number of anilines is 1. The van der Waals surface area contributed by atoms with Gasteiger partial charge in [-0.05, 0) is 12.1 Å². The zero-order valence-corrected chi connectivity index (χ0v) is 6.97. The lowest BCUT2D eigenvalue weighted by Crippen LogP contribution is -2.09. The number of nitrogens with zero attached hydrogens (tertiary/aromatic N) is 1. The Hall–Kier alpha value is -1.80. The van der Waals surface area contributed by atoms with Gasteiger partial charge in [0, 0.05) is 6.07 Å². The predicted molar refractivity (Wildman–Crippen MR) is 45.6 cm³/mol. The Kier molecular flexibility index (Phi) is 3.06. The quantitative estimate of drug-likeness (QED) is 0.546. The van der Waals surface area contributed by atoms with Crippen molar-refractivity contribution in [2.75, 3.05) is 12.5 Å². The van der Waals surface area contributed by atoms with Crippen molar-refractivity contribution in [3.8, 4) is 11.8 Å². The maximum atomic E-state index is 11.6. The Morgan fingerprint density at radius 2 is 2.31 bits per heavy atom. The van der Waals surface area contributed by atoms with Crippen LogP contribution in [0.15, 0.2) is 18.2 Å². The van der Waals surface area contributed by atoms with Gasteiger partial charge in [0.2, 0.25) is 0 Å². The average Bonchev–Trinajstić information content (AvgIpc) is 2.18.